The second-order valence-corrected chi connectivity index (χ2v) is 12.1. The third kappa shape index (κ3) is 9.74. The second-order valence-electron chi connectivity index (χ2n) is 9.84. The largest absolute Gasteiger partial charge is 0.431 e. The molecule has 0 aliphatic carbocycles. The van der Waals surface area contributed by atoms with Crippen molar-refractivity contribution in [2.45, 2.75) is 33.1 Å². The molecule has 0 bridgehead atoms. The van der Waals surface area contributed by atoms with Crippen LogP contribution in [0.4, 0.5) is 30.7 Å². The summed E-state index contributed by atoms with van der Waals surface area (Å²) in [6.07, 6.45) is -4.45. The molecule has 2 aromatic heterocycles. The average Bonchev–Trinajstić information content (AvgIpc) is 3.69. The van der Waals surface area contributed by atoms with E-state index < -0.39 is 46.8 Å². The number of rotatable bonds is 8. The van der Waals surface area contributed by atoms with Crippen LogP contribution in [0.25, 0.3) is 0 Å². The fourth-order valence-electron chi connectivity index (χ4n) is 3.72. The minimum Gasteiger partial charge on any atom is -0.431 e. The van der Waals surface area contributed by atoms with E-state index in [0.29, 0.717) is 5.56 Å². The molecular formula is C31H22ClF7N4O3S2. The highest BCUT2D eigenvalue weighted by Gasteiger charge is 2.30. The lowest BCUT2D eigenvalue weighted by Crippen LogP contribution is -2.23. The van der Waals surface area contributed by atoms with E-state index in [-0.39, 0.29) is 56.6 Å². The zero-order chi connectivity index (χ0) is 35.2. The smallest absolute Gasteiger partial charge is 0.416 e. The topological polar surface area (TPSA) is 93.2 Å². The van der Waals surface area contributed by atoms with E-state index in [1.807, 2.05) is 0 Å². The van der Waals surface area contributed by atoms with Crippen molar-refractivity contribution in [1.29, 1.82) is 0 Å². The van der Waals surface area contributed by atoms with E-state index in [4.69, 9.17) is 16.3 Å². The summed E-state index contributed by atoms with van der Waals surface area (Å²) in [6, 6.07) is 8.65. The van der Waals surface area contributed by atoms with Crippen molar-refractivity contribution in [2.75, 3.05) is 0 Å². The van der Waals surface area contributed by atoms with Crippen LogP contribution >= 0.6 is 34.3 Å². The van der Waals surface area contributed by atoms with Gasteiger partial charge in [0.05, 0.1) is 5.56 Å². The summed E-state index contributed by atoms with van der Waals surface area (Å²) in [5.41, 5.74) is -0.183. The summed E-state index contributed by atoms with van der Waals surface area (Å²) in [6.45, 7) is 2.56. The van der Waals surface area contributed by atoms with Gasteiger partial charge in [-0.15, -0.1) is 11.3 Å². The molecule has 17 heteroatoms. The summed E-state index contributed by atoms with van der Waals surface area (Å²) in [5, 5.41) is 7.96. The summed E-state index contributed by atoms with van der Waals surface area (Å²) in [7, 11) is 0. The van der Waals surface area contributed by atoms with Gasteiger partial charge in [0.15, 0.2) is 4.47 Å². The maximum atomic E-state index is 13.5. The van der Waals surface area contributed by atoms with Crippen LogP contribution in [0.15, 0.2) is 59.3 Å². The maximum absolute atomic E-state index is 13.5. The molecule has 48 heavy (non-hydrogen) atoms. The number of aromatic nitrogens is 2. The number of nitrogens with zero attached hydrogens (tertiary/aromatic N) is 2. The van der Waals surface area contributed by atoms with E-state index >= 15 is 0 Å². The fourth-order valence-corrected chi connectivity index (χ4v) is 5.13. The SMILES string of the molecule is Cc1c(F)cc(CNC(=O)c2csc(Cl)n2)cc1F.Cc1c(F)cc(CNC(=O)c2csc(Oc3ccc(C(F)(F)F)cc3)n2)cc1F. The number of nitrogens with one attached hydrogen (secondary N) is 2. The van der Waals surface area contributed by atoms with Gasteiger partial charge in [-0.2, -0.15) is 18.2 Å². The summed E-state index contributed by atoms with van der Waals surface area (Å²) < 4.78 is 97.0. The monoisotopic (exact) mass is 730 g/mol. The Hall–Kier alpha value is -4.54. The first-order valence-electron chi connectivity index (χ1n) is 13.5. The van der Waals surface area contributed by atoms with E-state index in [0.717, 1.165) is 59.1 Å². The molecule has 0 unspecified atom stereocenters. The van der Waals surface area contributed by atoms with Crippen molar-refractivity contribution >= 4 is 46.1 Å². The zero-order valence-corrected chi connectivity index (χ0v) is 27.0. The van der Waals surface area contributed by atoms with Crippen LogP contribution in [0.1, 0.15) is 48.8 Å². The molecule has 2 N–H and O–H groups in total. The number of carbonyl (C=O) groups excluding carboxylic acids is 2. The van der Waals surface area contributed by atoms with Gasteiger partial charge < -0.3 is 15.4 Å². The van der Waals surface area contributed by atoms with Gasteiger partial charge in [-0.05, 0) is 73.5 Å². The van der Waals surface area contributed by atoms with Crippen LogP contribution < -0.4 is 15.4 Å². The molecule has 0 aliphatic rings. The standard InChI is InChI=1S/C19H13F5N2O2S.C12H9ClF2N2OS/c1-10-14(20)6-11(7-15(10)21)8-25-17(27)16-9-29-18(26-16)28-13-4-2-12(3-5-13)19(22,23)24;1-6-8(14)2-7(3-9(6)15)4-16-11(18)10-5-19-12(13)17-10/h2-7,9H,8H2,1H3,(H,25,27);2-3,5H,4H2,1H3,(H,16,18). The molecule has 5 rings (SSSR count). The van der Waals surface area contributed by atoms with Crippen molar-refractivity contribution in [3.63, 3.8) is 0 Å². The van der Waals surface area contributed by atoms with Crippen LogP contribution in [-0.4, -0.2) is 21.8 Å². The molecule has 2 amide bonds. The number of amides is 2. The summed E-state index contributed by atoms with van der Waals surface area (Å²) >= 11 is 7.72. The molecule has 0 radical (unpaired) electrons. The predicted molar refractivity (Wildman–Crippen MR) is 165 cm³/mol. The lowest BCUT2D eigenvalue weighted by atomic mass is 10.1. The third-order valence-electron chi connectivity index (χ3n) is 6.40. The molecule has 0 saturated carbocycles. The summed E-state index contributed by atoms with van der Waals surface area (Å²) in [4.78, 5) is 31.5. The van der Waals surface area contributed by atoms with Crippen LogP contribution in [0, 0.1) is 37.1 Å². The molecule has 0 aliphatic heterocycles. The van der Waals surface area contributed by atoms with Crippen molar-refractivity contribution in [3.8, 4) is 10.9 Å². The number of benzene rings is 3. The van der Waals surface area contributed by atoms with Gasteiger partial charge in [-0.1, -0.05) is 22.9 Å². The number of halogens is 8. The zero-order valence-electron chi connectivity index (χ0n) is 24.6. The number of hydrogen-bond acceptors (Lipinski definition) is 7. The lowest BCUT2D eigenvalue weighted by molar-refractivity contribution is -0.137. The Labute approximate surface area is 281 Å². The molecule has 0 spiro atoms. The van der Waals surface area contributed by atoms with Crippen molar-refractivity contribution in [1.82, 2.24) is 20.6 Å². The van der Waals surface area contributed by atoms with Crippen LogP contribution in [0.5, 0.6) is 10.9 Å². The Morgan fingerprint density at radius 1 is 0.750 bits per heavy atom. The van der Waals surface area contributed by atoms with Crippen LogP contribution in [0.3, 0.4) is 0 Å². The molecule has 2 heterocycles. The quantitative estimate of drug-likeness (QED) is 0.156. The van der Waals surface area contributed by atoms with E-state index in [1.165, 1.54) is 36.7 Å². The van der Waals surface area contributed by atoms with Crippen LogP contribution in [-0.2, 0) is 19.3 Å². The van der Waals surface area contributed by atoms with E-state index in [9.17, 15) is 40.3 Å². The van der Waals surface area contributed by atoms with Gasteiger partial charge in [-0.25, -0.2) is 22.5 Å². The third-order valence-corrected chi connectivity index (χ3v) is 8.09. The molecule has 0 atom stereocenters. The lowest BCUT2D eigenvalue weighted by Gasteiger charge is -2.07. The Morgan fingerprint density at radius 3 is 1.60 bits per heavy atom. The van der Waals surface area contributed by atoms with Crippen LogP contribution in [0.2, 0.25) is 4.47 Å². The number of hydrogen-bond donors (Lipinski definition) is 2. The first kappa shape index (κ1) is 36.3. The Morgan fingerprint density at radius 2 is 1.19 bits per heavy atom. The highest BCUT2D eigenvalue weighted by molar-refractivity contribution is 7.14. The van der Waals surface area contributed by atoms with Gasteiger partial charge in [-0.3, -0.25) is 9.59 Å². The first-order valence-corrected chi connectivity index (χ1v) is 15.6. The first-order chi connectivity index (χ1) is 22.6. The van der Waals surface area contributed by atoms with Gasteiger partial charge in [0.1, 0.15) is 40.4 Å². The van der Waals surface area contributed by atoms with Gasteiger partial charge >= 0.3 is 6.18 Å². The molecular weight excluding hydrogens is 709 g/mol. The van der Waals surface area contributed by atoms with Crippen molar-refractivity contribution in [2.24, 2.45) is 0 Å². The highest BCUT2D eigenvalue weighted by Crippen LogP contribution is 2.32. The summed E-state index contributed by atoms with van der Waals surface area (Å²) in [5.74, 6) is -3.61. The normalized spacial score (nSPS) is 11.0. The molecule has 252 valence electrons. The Balaban J connectivity index is 0.000000237. The fraction of sp³-hybridized carbons (Fsp3) is 0.161. The second kappa shape index (κ2) is 15.6. The molecule has 0 fully saturated rings. The van der Waals surface area contributed by atoms with Crippen molar-refractivity contribution in [3.05, 3.63) is 126 Å². The predicted octanol–water partition coefficient (Wildman–Crippen LogP) is 8.78. The average molecular weight is 731 g/mol. The van der Waals surface area contributed by atoms with Gasteiger partial charge in [0.25, 0.3) is 17.0 Å². The Bertz CT molecular complexity index is 1890. The van der Waals surface area contributed by atoms with E-state index in [1.54, 1.807) is 0 Å². The Kier molecular flexibility index (Phi) is 11.8. The number of alkyl halides is 3. The van der Waals surface area contributed by atoms with Crippen molar-refractivity contribution < 1.29 is 45.1 Å². The molecule has 5 aromatic rings. The van der Waals surface area contributed by atoms with Gasteiger partial charge in [0, 0.05) is 35.0 Å². The number of ether oxygens (including phenoxy) is 1. The highest BCUT2D eigenvalue weighted by atomic mass is 35.5. The number of thiazole rings is 2. The minimum atomic E-state index is -4.45. The van der Waals surface area contributed by atoms with Gasteiger partial charge in [0.2, 0.25) is 0 Å². The molecule has 7 nitrogen and oxygen atoms in total. The molecule has 0 saturated heterocycles. The molecule has 3 aromatic carbocycles. The maximum Gasteiger partial charge on any atom is 0.416 e. The van der Waals surface area contributed by atoms with E-state index in [2.05, 4.69) is 20.6 Å². The number of carbonyl (C=O) groups is 2. The minimum absolute atomic E-state index is 0.00460.